The van der Waals surface area contributed by atoms with E-state index in [2.05, 4.69) is 4.90 Å². The molecule has 2 fully saturated rings. The topological polar surface area (TPSA) is 38.5 Å². The average Bonchev–Trinajstić information content (AvgIpc) is 2.68. The van der Waals surface area contributed by atoms with Crippen LogP contribution in [-0.4, -0.2) is 43.8 Å². The van der Waals surface area contributed by atoms with Gasteiger partial charge in [-0.15, -0.1) is 0 Å². The van der Waals surface area contributed by atoms with Crippen LogP contribution in [0, 0.1) is 5.92 Å². The van der Waals surface area contributed by atoms with Crippen LogP contribution in [-0.2, 0) is 4.74 Å². The van der Waals surface area contributed by atoms with Crippen molar-refractivity contribution in [2.45, 2.75) is 44.2 Å². The van der Waals surface area contributed by atoms with E-state index in [1.165, 1.54) is 45.2 Å². The lowest BCUT2D eigenvalue weighted by Gasteiger charge is -2.36. The Kier molecular flexibility index (Phi) is 4.00. The van der Waals surface area contributed by atoms with Crippen molar-refractivity contribution in [1.29, 1.82) is 0 Å². The Labute approximate surface area is 93.0 Å². The quantitative estimate of drug-likeness (QED) is 0.764. The predicted octanol–water partition coefficient (Wildman–Crippen LogP) is 1.22. The molecule has 1 aliphatic carbocycles. The molecule has 0 spiro atoms. The van der Waals surface area contributed by atoms with E-state index < -0.39 is 0 Å². The van der Waals surface area contributed by atoms with Crippen molar-refractivity contribution in [2.75, 3.05) is 26.8 Å². The van der Waals surface area contributed by atoms with Gasteiger partial charge in [0.25, 0.3) is 0 Å². The summed E-state index contributed by atoms with van der Waals surface area (Å²) >= 11 is 0. The van der Waals surface area contributed by atoms with Crippen LogP contribution in [0.5, 0.6) is 0 Å². The van der Waals surface area contributed by atoms with E-state index >= 15 is 0 Å². The normalized spacial score (nSPS) is 38.4. The number of hydrogen-bond acceptors (Lipinski definition) is 3. The first kappa shape index (κ1) is 11.4. The van der Waals surface area contributed by atoms with Crippen molar-refractivity contribution in [2.24, 2.45) is 11.7 Å². The Hall–Kier alpha value is -0.120. The largest absolute Gasteiger partial charge is 0.384 e. The molecule has 1 saturated heterocycles. The van der Waals surface area contributed by atoms with Gasteiger partial charge in [-0.25, -0.2) is 0 Å². The van der Waals surface area contributed by atoms with E-state index in [9.17, 15) is 0 Å². The van der Waals surface area contributed by atoms with E-state index in [1.54, 1.807) is 7.11 Å². The van der Waals surface area contributed by atoms with E-state index in [1.807, 2.05) is 0 Å². The fourth-order valence-corrected chi connectivity index (χ4v) is 3.13. The first-order valence-corrected chi connectivity index (χ1v) is 6.30. The van der Waals surface area contributed by atoms with Crippen molar-refractivity contribution in [3.05, 3.63) is 0 Å². The van der Waals surface area contributed by atoms with Gasteiger partial charge in [-0.05, 0) is 31.7 Å². The Morgan fingerprint density at radius 1 is 1.27 bits per heavy atom. The molecular formula is C12H24N2O. The van der Waals surface area contributed by atoms with Gasteiger partial charge >= 0.3 is 0 Å². The Bertz CT molecular complexity index is 198. The Morgan fingerprint density at radius 2 is 2.07 bits per heavy atom. The minimum atomic E-state index is 0.417. The zero-order chi connectivity index (χ0) is 10.7. The standard InChI is InChI=1S/C12H24N2O/c1-15-9-10-6-7-14(8-10)12-5-3-2-4-11(12)13/h10-12H,2-9,13H2,1H3. The number of nitrogens with zero attached hydrogens (tertiary/aromatic N) is 1. The molecule has 15 heavy (non-hydrogen) atoms. The zero-order valence-corrected chi connectivity index (χ0v) is 9.82. The van der Waals surface area contributed by atoms with Crippen LogP contribution in [0.4, 0.5) is 0 Å². The summed E-state index contributed by atoms with van der Waals surface area (Å²) < 4.78 is 5.23. The first-order valence-electron chi connectivity index (χ1n) is 6.30. The number of nitrogens with two attached hydrogens (primary N) is 1. The predicted molar refractivity (Wildman–Crippen MR) is 61.8 cm³/mol. The van der Waals surface area contributed by atoms with Gasteiger partial charge in [-0.3, -0.25) is 4.90 Å². The van der Waals surface area contributed by atoms with E-state index in [0.29, 0.717) is 12.1 Å². The molecule has 0 bridgehead atoms. The number of hydrogen-bond donors (Lipinski definition) is 1. The maximum atomic E-state index is 6.21. The van der Waals surface area contributed by atoms with Crippen molar-refractivity contribution in [1.82, 2.24) is 4.90 Å². The van der Waals surface area contributed by atoms with Crippen molar-refractivity contribution in [3.8, 4) is 0 Å². The summed E-state index contributed by atoms with van der Waals surface area (Å²) in [4.78, 5) is 2.60. The second-order valence-electron chi connectivity index (χ2n) is 5.12. The van der Waals surface area contributed by atoms with Crippen LogP contribution in [0.15, 0.2) is 0 Å². The maximum Gasteiger partial charge on any atom is 0.0503 e. The third kappa shape index (κ3) is 2.71. The number of ether oxygens (including phenoxy) is 1. The highest BCUT2D eigenvalue weighted by Gasteiger charge is 2.32. The second-order valence-corrected chi connectivity index (χ2v) is 5.12. The molecule has 0 aromatic carbocycles. The van der Waals surface area contributed by atoms with Crippen molar-refractivity contribution < 1.29 is 4.74 Å². The monoisotopic (exact) mass is 212 g/mol. The molecule has 0 aromatic heterocycles. The first-order chi connectivity index (χ1) is 7.31. The molecule has 3 atom stereocenters. The lowest BCUT2D eigenvalue weighted by Crippen LogP contribution is -2.48. The van der Waals surface area contributed by atoms with Gasteiger partial charge in [-0.1, -0.05) is 12.8 Å². The SMILES string of the molecule is COCC1CCN(C2CCCCC2N)C1. The molecule has 2 N–H and O–H groups in total. The highest BCUT2D eigenvalue weighted by Crippen LogP contribution is 2.27. The van der Waals surface area contributed by atoms with Crippen LogP contribution in [0.3, 0.4) is 0 Å². The summed E-state index contributed by atoms with van der Waals surface area (Å²) in [6.07, 6.45) is 6.50. The molecule has 0 aromatic rings. The third-order valence-electron chi connectivity index (χ3n) is 3.97. The third-order valence-corrected chi connectivity index (χ3v) is 3.97. The van der Waals surface area contributed by atoms with Gasteiger partial charge in [0.15, 0.2) is 0 Å². The molecule has 1 aliphatic heterocycles. The number of methoxy groups -OCH3 is 1. The highest BCUT2D eigenvalue weighted by molar-refractivity contribution is 4.89. The number of rotatable bonds is 3. The van der Waals surface area contributed by atoms with Gasteiger partial charge in [-0.2, -0.15) is 0 Å². The van der Waals surface area contributed by atoms with Gasteiger partial charge < -0.3 is 10.5 Å². The summed E-state index contributed by atoms with van der Waals surface area (Å²) in [7, 11) is 1.80. The van der Waals surface area contributed by atoms with Gasteiger partial charge in [0, 0.05) is 25.7 Å². The lowest BCUT2D eigenvalue weighted by atomic mass is 9.90. The molecule has 3 heteroatoms. The molecule has 3 unspecified atom stereocenters. The van der Waals surface area contributed by atoms with E-state index in [0.717, 1.165) is 12.5 Å². The minimum absolute atomic E-state index is 0.417. The van der Waals surface area contributed by atoms with Crippen LogP contribution in [0.25, 0.3) is 0 Å². The van der Waals surface area contributed by atoms with Crippen LogP contribution in [0.1, 0.15) is 32.1 Å². The smallest absolute Gasteiger partial charge is 0.0503 e. The van der Waals surface area contributed by atoms with Crippen LogP contribution in [0.2, 0.25) is 0 Å². The summed E-state index contributed by atoms with van der Waals surface area (Å²) in [5, 5.41) is 0. The summed E-state index contributed by atoms with van der Waals surface area (Å²) in [6.45, 7) is 3.34. The molecule has 0 radical (unpaired) electrons. The van der Waals surface area contributed by atoms with Gasteiger partial charge in [0.05, 0.1) is 6.61 Å². The van der Waals surface area contributed by atoms with Gasteiger partial charge in [0.1, 0.15) is 0 Å². The van der Waals surface area contributed by atoms with E-state index in [4.69, 9.17) is 10.5 Å². The average molecular weight is 212 g/mol. The molecule has 2 rings (SSSR count). The highest BCUT2D eigenvalue weighted by atomic mass is 16.5. The van der Waals surface area contributed by atoms with Crippen molar-refractivity contribution in [3.63, 3.8) is 0 Å². The summed E-state index contributed by atoms with van der Waals surface area (Å²) in [5.41, 5.74) is 6.21. The molecule has 3 nitrogen and oxygen atoms in total. The molecule has 2 aliphatic rings. The summed E-state index contributed by atoms with van der Waals surface area (Å²) in [5.74, 6) is 0.740. The van der Waals surface area contributed by atoms with Crippen molar-refractivity contribution >= 4 is 0 Å². The van der Waals surface area contributed by atoms with Crippen LogP contribution >= 0.6 is 0 Å². The fourth-order valence-electron chi connectivity index (χ4n) is 3.13. The fraction of sp³-hybridized carbons (Fsp3) is 1.00. The molecule has 0 amide bonds. The number of likely N-dealkylation sites (tertiary alicyclic amines) is 1. The van der Waals surface area contributed by atoms with Gasteiger partial charge in [0.2, 0.25) is 0 Å². The van der Waals surface area contributed by atoms with Crippen LogP contribution < -0.4 is 5.73 Å². The minimum Gasteiger partial charge on any atom is -0.384 e. The Morgan fingerprint density at radius 3 is 2.80 bits per heavy atom. The lowest BCUT2D eigenvalue weighted by molar-refractivity contribution is 0.131. The second kappa shape index (κ2) is 5.28. The molecular weight excluding hydrogens is 188 g/mol. The Balaban J connectivity index is 1.83. The molecule has 88 valence electrons. The molecule has 1 heterocycles. The zero-order valence-electron chi connectivity index (χ0n) is 9.82. The molecule has 1 saturated carbocycles. The maximum absolute atomic E-state index is 6.21. The summed E-state index contributed by atoms with van der Waals surface area (Å²) in [6, 6.07) is 1.07. The van der Waals surface area contributed by atoms with E-state index in [-0.39, 0.29) is 0 Å².